The Bertz CT molecular complexity index is 1160. The van der Waals surface area contributed by atoms with Gasteiger partial charge >= 0.3 is 6.18 Å². The highest BCUT2D eigenvalue weighted by molar-refractivity contribution is 7.99. The number of amides is 2. The van der Waals surface area contributed by atoms with Crippen molar-refractivity contribution in [2.45, 2.75) is 30.2 Å². The van der Waals surface area contributed by atoms with E-state index in [4.69, 9.17) is 0 Å². The quantitative estimate of drug-likeness (QED) is 0.302. The molecule has 0 aliphatic rings. The van der Waals surface area contributed by atoms with Gasteiger partial charge in [-0.15, -0.1) is 11.8 Å². The Balaban J connectivity index is 1.81. The summed E-state index contributed by atoms with van der Waals surface area (Å²) in [4.78, 5) is 25.7. The van der Waals surface area contributed by atoms with Crippen molar-refractivity contribution in [3.8, 4) is 0 Å². The van der Waals surface area contributed by atoms with E-state index in [0.717, 1.165) is 17.0 Å². The van der Waals surface area contributed by atoms with Gasteiger partial charge in [-0.05, 0) is 54.6 Å². The largest absolute Gasteiger partial charge is 0.418 e. The van der Waals surface area contributed by atoms with Crippen molar-refractivity contribution in [2.24, 2.45) is 0 Å². The van der Waals surface area contributed by atoms with Gasteiger partial charge < -0.3 is 10.6 Å². The first-order chi connectivity index (χ1) is 15.5. The maximum Gasteiger partial charge on any atom is 0.418 e. The Hall–Kier alpha value is -3.33. The molecule has 0 fully saturated rings. The van der Waals surface area contributed by atoms with Crippen LogP contribution in [-0.4, -0.2) is 17.1 Å². The second-order valence-corrected chi connectivity index (χ2v) is 8.99. The third-order valence-electron chi connectivity index (χ3n) is 4.44. The standard InChI is InChI=1S/C24H20F4N2O2S/c1-14(2)33-17-10-7-15(8-11-17)22(31)30-21-12-9-16(13-19(21)24(26,27)28)29-23(32)18-5-3-4-6-20(18)25/h3-14H,1-2H3,(H,29,32)(H,30,31). The summed E-state index contributed by atoms with van der Waals surface area (Å²) >= 11 is 1.60. The molecule has 4 nitrogen and oxygen atoms in total. The number of thioether (sulfide) groups is 1. The predicted molar refractivity (Wildman–Crippen MR) is 121 cm³/mol. The number of carbonyl (C=O) groups excluding carboxylic acids is 2. The lowest BCUT2D eigenvalue weighted by Crippen LogP contribution is -2.18. The zero-order valence-corrected chi connectivity index (χ0v) is 18.5. The molecule has 0 unspecified atom stereocenters. The van der Waals surface area contributed by atoms with Crippen LogP contribution in [-0.2, 0) is 6.18 Å². The minimum atomic E-state index is -4.81. The van der Waals surface area contributed by atoms with E-state index in [1.165, 1.54) is 36.4 Å². The number of anilines is 2. The summed E-state index contributed by atoms with van der Waals surface area (Å²) in [5.41, 5.74) is -1.90. The lowest BCUT2D eigenvalue weighted by molar-refractivity contribution is -0.136. The van der Waals surface area contributed by atoms with Crippen LogP contribution >= 0.6 is 11.8 Å². The molecule has 0 aliphatic heterocycles. The molecule has 3 aromatic carbocycles. The summed E-state index contributed by atoms with van der Waals surface area (Å²) < 4.78 is 54.7. The van der Waals surface area contributed by atoms with Crippen LogP contribution in [0.25, 0.3) is 0 Å². The maximum absolute atomic E-state index is 13.8. The van der Waals surface area contributed by atoms with Crippen molar-refractivity contribution in [1.29, 1.82) is 0 Å². The van der Waals surface area contributed by atoms with E-state index in [2.05, 4.69) is 10.6 Å². The van der Waals surface area contributed by atoms with Crippen molar-refractivity contribution in [3.05, 3.63) is 89.2 Å². The molecule has 9 heteroatoms. The molecule has 172 valence electrons. The van der Waals surface area contributed by atoms with Crippen LogP contribution in [0.5, 0.6) is 0 Å². The predicted octanol–water partition coefficient (Wildman–Crippen LogP) is 6.85. The number of rotatable bonds is 6. The van der Waals surface area contributed by atoms with E-state index in [-0.39, 0.29) is 16.8 Å². The number of halogens is 4. The van der Waals surface area contributed by atoms with E-state index < -0.39 is 35.1 Å². The van der Waals surface area contributed by atoms with E-state index in [0.29, 0.717) is 11.3 Å². The molecule has 0 aromatic heterocycles. The summed E-state index contributed by atoms with van der Waals surface area (Å²) in [5, 5.41) is 4.87. The summed E-state index contributed by atoms with van der Waals surface area (Å²) in [6.07, 6.45) is -4.81. The third-order valence-corrected chi connectivity index (χ3v) is 5.45. The highest BCUT2D eigenvalue weighted by atomic mass is 32.2. The van der Waals surface area contributed by atoms with Crippen LogP contribution < -0.4 is 10.6 Å². The monoisotopic (exact) mass is 476 g/mol. The Labute approximate surface area is 192 Å². The van der Waals surface area contributed by atoms with Crippen LogP contribution in [0.15, 0.2) is 71.6 Å². The fourth-order valence-electron chi connectivity index (χ4n) is 2.96. The Morgan fingerprint density at radius 1 is 0.879 bits per heavy atom. The Kier molecular flexibility index (Phi) is 7.43. The van der Waals surface area contributed by atoms with Crippen LogP contribution in [0.4, 0.5) is 28.9 Å². The number of benzene rings is 3. The van der Waals surface area contributed by atoms with Crippen molar-refractivity contribution in [2.75, 3.05) is 10.6 Å². The smallest absolute Gasteiger partial charge is 0.322 e. The van der Waals surface area contributed by atoms with Gasteiger partial charge in [-0.3, -0.25) is 9.59 Å². The van der Waals surface area contributed by atoms with E-state index in [9.17, 15) is 27.2 Å². The van der Waals surface area contributed by atoms with E-state index >= 15 is 0 Å². The SMILES string of the molecule is CC(C)Sc1ccc(C(=O)Nc2ccc(NC(=O)c3ccccc3F)cc2C(F)(F)F)cc1. The fraction of sp³-hybridized carbons (Fsp3) is 0.167. The molecular formula is C24H20F4N2O2S. The average Bonchev–Trinajstić information content (AvgIpc) is 2.74. The van der Waals surface area contributed by atoms with Gasteiger partial charge in [0.15, 0.2) is 0 Å². The van der Waals surface area contributed by atoms with Gasteiger partial charge in [0, 0.05) is 21.4 Å². The molecular weight excluding hydrogens is 456 g/mol. The minimum Gasteiger partial charge on any atom is -0.322 e. The van der Waals surface area contributed by atoms with Crippen molar-refractivity contribution < 1.29 is 27.2 Å². The summed E-state index contributed by atoms with van der Waals surface area (Å²) in [6, 6.07) is 14.6. The van der Waals surface area contributed by atoms with E-state index in [1.54, 1.807) is 23.9 Å². The summed E-state index contributed by atoms with van der Waals surface area (Å²) in [6.45, 7) is 4.04. The zero-order chi connectivity index (χ0) is 24.2. The van der Waals surface area contributed by atoms with Gasteiger partial charge in [0.25, 0.3) is 11.8 Å². The average molecular weight is 476 g/mol. The molecule has 0 atom stereocenters. The Morgan fingerprint density at radius 3 is 2.15 bits per heavy atom. The topological polar surface area (TPSA) is 58.2 Å². The van der Waals surface area contributed by atoms with Gasteiger partial charge in [-0.2, -0.15) is 13.2 Å². The molecule has 3 aromatic rings. The number of hydrogen-bond donors (Lipinski definition) is 2. The number of hydrogen-bond acceptors (Lipinski definition) is 3. The molecule has 0 spiro atoms. The minimum absolute atomic E-state index is 0.191. The van der Waals surface area contributed by atoms with Crippen LogP contribution in [0.3, 0.4) is 0 Å². The lowest BCUT2D eigenvalue weighted by Gasteiger charge is -2.16. The molecule has 2 amide bonds. The molecule has 0 aliphatic carbocycles. The van der Waals surface area contributed by atoms with Crippen molar-refractivity contribution in [3.63, 3.8) is 0 Å². The molecule has 2 N–H and O–H groups in total. The highest BCUT2D eigenvalue weighted by Gasteiger charge is 2.34. The molecule has 33 heavy (non-hydrogen) atoms. The molecule has 3 rings (SSSR count). The molecule has 0 heterocycles. The van der Waals surface area contributed by atoms with Gasteiger partial charge in [-0.1, -0.05) is 26.0 Å². The summed E-state index contributed by atoms with van der Waals surface area (Å²) in [5.74, 6) is -2.39. The molecule has 0 saturated carbocycles. The second kappa shape index (κ2) is 10.1. The normalized spacial score (nSPS) is 11.4. The Morgan fingerprint density at radius 2 is 1.55 bits per heavy atom. The van der Waals surface area contributed by atoms with Crippen LogP contribution in [0, 0.1) is 5.82 Å². The zero-order valence-electron chi connectivity index (χ0n) is 17.7. The first-order valence-corrected chi connectivity index (χ1v) is 10.8. The maximum atomic E-state index is 13.8. The van der Waals surface area contributed by atoms with Gasteiger partial charge in [-0.25, -0.2) is 4.39 Å². The first kappa shape index (κ1) is 24.3. The van der Waals surface area contributed by atoms with Crippen LogP contribution in [0.2, 0.25) is 0 Å². The second-order valence-electron chi connectivity index (χ2n) is 7.34. The van der Waals surface area contributed by atoms with Crippen molar-refractivity contribution in [1.82, 2.24) is 0 Å². The number of nitrogens with one attached hydrogen (secondary N) is 2. The molecule has 0 saturated heterocycles. The van der Waals surface area contributed by atoms with E-state index in [1.807, 2.05) is 13.8 Å². The first-order valence-electron chi connectivity index (χ1n) is 9.90. The van der Waals surface area contributed by atoms with Crippen LogP contribution in [0.1, 0.15) is 40.1 Å². The summed E-state index contributed by atoms with van der Waals surface area (Å²) in [7, 11) is 0. The van der Waals surface area contributed by atoms with Gasteiger partial charge in [0.2, 0.25) is 0 Å². The van der Waals surface area contributed by atoms with Gasteiger partial charge in [0.1, 0.15) is 5.82 Å². The van der Waals surface area contributed by atoms with Gasteiger partial charge in [0.05, 0.1) is 16.8 Å². The number of alkyl halides is 3. The molecule has 0 bridgehead atoms. The molecule has 0 radical (unpaired) electrons. The van der Waals surface area contributed by atoms with Crippen molar-refractivity contribution >= 4 is 35.0 Å². The fourth-order valence-corrected chi connectivity index (χ4v) is 3.80. The highest BCUT2D eigenvalue weighted by Crippen LogP contribution is 2.37. The lowest BCUT2D eigenvalue weighted by atomic mass is 10.1. The third kappa shape index (κ3) is 6.35. The number of carbonyl (C=O) groups is 2.